The zero-order chi connectivity index (χ0) is 18.6. The summed E-state index contributed by atoms with van der Waals surface area (Å²) in [6.45, 7) is 0. The van der Waals surface area contributed by atoms with Crippen molar-refractivity contribution in [1.82, 2.24) is 4.90 Å². The number of anilines is 2. The first kappa shape index (κ1) is 17.3. The van der Waals surface area contributed by atoms with Gasteiger partial charge in [-0.2, -0.15) is 0 Å². The van der Waals surface area contributed by atoms with Crippen LogP contribution in [0.2, 0.25) is 0 Å². The lowest BCUT2D eigenvalue weighted by atomic mass is 9.79. The zero-order valence-electron chi connectivity index (χ0n) is 14.4. The zero-order valence-corrected chi connectivity index (χ0v) is 16.8. The fourth-order valence-corrected chi connectivity index (χ4v) is 6.40. The van der Waals surface area contributed by atoms with E-state index in [-0.39, 0.29) is 17.9 Å². The van der Waals surface area contributed by atoms with Gasteiger partial charge in [-0.3, -0.25) is 14.5 Å². The molecule has 5 rings (SSSR count). The first-order valence-electron chi connectivity index (χ1n) is 8.92. The molecule has 5 nitrogen and oxygen atoms in total. The summed E-state index contributed by atoms with van der Waals surface area (Å²) in [5.41, 5.74) is 1.56. The van der Waals surface area contributed by atoms with Gasteiger partial charge in [0.15, 0.2) is 0 Å². The molecule has 2 N–H and O–H groups in total. The number of hydrogen-bond donors (Lipinski definition) is 2. The van der Waals surface area contributed by atoms with Gasteiger partial charge < -0.3 is 10.6 Å². The number of halogens is 1. The van der Waals surface area contributed by atoms with Gasteiger partial charge >= 0.3 is 0 Å². The lowest BCUT2D eigenvalue weighted by Crippen LogP contribution is -2.53. The van der Waals surface area contributed by atoms with Crippen LogP contribution in [-0.4, -0.2) is 34.4 Å². The molecular formula is C20H18BrN3O2S. The number of fused-ring (bicyclic) bond motifs is 4. The first-order valence-corrected chi connectivity index (χ1v) is 10.9. The molecule has 0 aliphatic carbocycles. The fourth-order valence-electron chi connectivity index (χ4n) is 4.70. The number of carbonyl (C=O) groups excluding carboxylic acids is 2. The molecule has 3 atom stereocenters. The minimum atomic E-state index is -0.916. The van der Waals surface area contributed by atoms with Crippen molar-refractivity contribution < 1.29 is 9.59 Å². The molecule has 3 aliphatic rings. The summed E-state index contributed by atoms with van der Waals surface area (Å²) in [7, 11) is 0. The van der Waals surface area contributed by atoms with Crippen LogP contribution >= 0.6 is 27.7 Å². The van der Waals surface area contributed by atoms with E-state index >= 15 is 0 Å². The Hall–Kier alpha value is -1.83. The van der Waals surface area contributed by atoms with Crippen molar-refractivity contribution >= 4 is 50.9 Å². The number of carbonyl (C=O) groups is 2. The smallest absolute Gasteiger partial charge is 0.250 e. The minimum absolute atomic E-state index is 0.0805. The van der Waals surface area contributed by atoms with Crippen LogP contribution in [-0.2, 0) is 15.1 Å². The molecule has 0 aromatic heterocycles. The van der Waals surface area contributed by atoms with Crippen molar-refractivity contribution in [1.29, 1.82) is 0 Å². The number of benzene rings is 2. The molecule has 7 heteroatoms. The van der Waals surface area contributed by atoms with E-state index in [2.05, 4.69) is 31.5 Å². The van der Waals surface area contributed by atoms with Gasteiger partial charge in [-0.25, -0.2) is 0 Å². The minimum Gasteiger partial charge on any atom is -0.326 e. The molecule has 3 heterocycles. The van der Waals surface area contributed by atoms with Gasteiger partial charge in [-0.15, -0.1) is 11.8 Å². The third-order valence-electron chi connectivity index (χ3n) is 5.79. The Balaban J connectivity index is 1.57. The highest BCUT2D eigenvalue weighted by Gasteiger charge is 2.65. The first-order chi connectivity index (χ1) is 13.1. The highest BCUT2D eigenvalue weighted by atomic mass is 79.9. The molecule has 2 saturated heterocycles. The number of thioether (sulfide) groups is 1. The second-order valence-electron chi connectivity index (χ2n) is 7.18. The molecule has 0 saturated carbocycles. The number of hydrogen-bond acceptors (Lipinski definition) is 4. The molecule has 138 valence electrons. The molecule has 0 radical (unpaired) electrons. The standard InChI is InChI=1S/C20H18BrN3O2S/c21-12-4-3-5-13(8-12)22-18(25)16-9-14-10-27-11-24(14)20(16)15-6-1-2-7-17(15)23-19(20)26/h1-8,14,16H,9-11H2,(H,22,25)(H,23,26)/t14-,16-,20-/m0/s1. The molecule has 2 aromatic carbocycles. The summed E-state index contributed by atoms with van der Waals surface area (Å²) in [6.07, 6.45) is 0.689. The quantitative estimate of drug-likeness (QED) is 0.743. The van der Waals surface area contributed by atoms with E-state index in [1.54, 1.807) is 0 Å². The van der Waals surface area contributed by atoms with Crippen molar-refractivity contribution in [3.63, 3.8) is 0 Å². The maximum atomic E-state index is 13.3. The summed E-state index contributed by atoms with van der Waals surface area (Å²) in [6, 6.07) is 15.5. The molecule has 3 aliphatic heterocycles. The van der Waals surface area contributed by atoms with Crippen molar-refractivity contribution in [2.45, 2.75) is 18.0 Å². The summed E-state index contributed by atoms with van der Waals surface area (Å²) < 4.78 is 0.905. The number of rotatable bonds is 2. The number of amides is 2. The number of nitrogens with one attached hydrogen (secondary N) is 2. The maximum absolute atomic E-state index is 13.3. The Kier molecular flexibility index (Phi) is 4.07. The Labute approximate surface area is 170 Å². The van der Waals surface area contributed by atoms with Crippen LogP contribution in [0.4, 0.5) is 11.4 Å². The van der Waals surface area contributed by atoms with Crippen molar-refractivity contribution in [3.8, 4) is 0 Å². The lowest BCUT2D eigenvalue weighted by Gasteiger charge is -2.36. The molecule has 0 unspecified atom stereocenters. The molecule has 2 fully saturated rings. The second kappa shape index (κ2) is 6.36. The van der Waals surface area contributed by atoms with Gasteiger partial charge in [0.2, 0.25) is 11.8 Å². The molecule has 2 amide bonds. The van der Waals surface area contributed by atoms with Gasteiger partial charge in [0.05, 0.1) is 5.92 Å². The van der Waals surface area contributed by atoms with Gasteiger partial charge in [-0.1, -0.05) is 40.2 Å². The van der Waals surface area contributed by atoms with Crippen LogP contribution in [0.3, 0.4) is 0 Å². The summed E-state index contributed by atoms with van der Waals surface area (Å²) >= 11 is 5.27. The lowest BCUT2D eigenvalue weighted by molar-refractivity contribution is -0.134. The molecule has 1 spiro atoms. The van der Waals surface area contributed by atoms with Crippen molar-refractivity contribution in [3.05, 3.63) is 58.6 Å². The largest absolute Gasteiger partial charge is 0.326 e. The summed E-state index contributed by atoms with van der Waals surface area (Å²) in [5, 5.41) is 6.06. The van der Waals surface area contributed by atoms with Crippen LogP contribution in [0.25, 0.3) is 0 Å². The van der Waals surface area contributed by atoms with Gasteiger partial charge in [0.1, 0.15) is 5.54 Å². The highest BCUT2D eigenvalue weighted by molar-refractivity contribution is 9.10. The molecular weight excluding hydrogens is 426 g/mol. The van der Waals surface area contributed by atoms with E-state index in [4.69, 9.17) is 0 Å². The normalized spacial score (nSPS) is 28.9. The van der Waals surface area contributed by atoms with E-state index in [1.165, 1.54) is 0 Å². The third kappa shape index (κ3) is 2.48. The van der Waals surface area contributed by atoms with Crippen LogP contribution in [0.1, 0.15) is 12.0 Å². The van der Waals surface area contributed by atoms with E-state index in [9.17, 15) is 9.59 Å². The van der Waals surface area contributed by atoms with Crippen LogP contribution in [0, 0.1) is 5.92 Å². The maximum Gasteiger partial charge on any atom is 0.250 e. The van der Waals surface area contributed by atoms with E-state index in [1.807, 2.05) is 60.3 Å². The fraction of sp³-hybridized carbons (Fsp3) is 0.300. The number of para-hydroxylation sites is 1. The average molecular weight is 444 g/mol. The highest BCUT2D eigenvalue weighted by Crippen LogP contribution is 2.55. The van der Waals surface area contributed by atoms with Gasteiger partial charge in [0.25, 0.3) is 0 Å². The molecule has 2 aromatic rings. The van der Waals surface area contributed by atoms with Crippen LogP contribution < -0.4 is 10.6 Å². The summed E-state index contributed by atoms with van der Waals surface area (Å²) in [4.78, 5) is 28.8. The predicted octanol–water partition coefficient (Wildman–Crippen LogP) is 3.63. The predicted molar refractivity (Wildman–Crippen MR) is 111 cm³/mol. The third-order valence-corrected chi connectivity index (χ3v) is 7.36. The monoisotopic (exact) mass is 443 g/mol. The summed E-state index contributed by atoms with van der Waals surface area (Å²) in [5.74, 6) is 1.12. The SMILES string of the molecule is O=C(Nc1cccc(Br)c1)[C@@H]1C[C@H]2CSCN2[C@]12C(=O)Nc1ccccc12. The van der Waals surface area contributed by atoms with Crippen LogP contribution in [0.5, 0.6) is 0 Å². The second-order valence-corrected chi connectivity index (χ2v) is 9.09. The van der Waals surface area contributed by atoms with E-state index < -0.39 is 11.5 Å². The van der Waals surface area contributed by atoms with Crippen LogP contribution in [0.15, 0.2) is 53.0 Å². The van der Waals surface area contributed by atoms with E-state index in [0.717, 1.165) is 33.0 Å². The average Bonchev–Trinajstić information content (AvgIpc) is 3.30. The van der Waals surface area contributed by atoms with Gasteiger partial charge in [0, 0.05) is 39.1 Å². The van der Waals surface area contributed by atoms with Gasteiger partial charge in [-0.05, 0) is 30.7 Å². The molecule has 0 bridgehead atoms. The van der Waals surface area contributed by atoms with Crippen molar-refractivity contribution in [2.24, 2.45) is 5.92 Å². The Morgan fingerprint density at radius 3 is 2.96 bits per heavy atom. The topological polar surface area (TPSA) is 61.4 Å². The van der Waals surface area contributed by atoms with Crippen molar-refractivity contribution in [2.75, 3.05) is 22.3 Å². The van der Waals surface area contributed by atoms with E-state index in [0.29, 0.717) is 6.42 Å². The molecule has 27 heavy (non-hydrogen) atoms. The Morgan fingerprint density at radius 2 is 2.11 bits per heavy atom. The Bertz CT molecular complexity index is 952. The number of nitrogens with zero attached hydrogens (tertiary/aromatic N) is 1. The Morgan fingerprint density at radius 1 is 1.26 bits per heavy atom.